The van der Waals surface area contributed by atoms with Crippen LogP contribution in [0.15, 0.2) is 109 Å². The van der Waals surface area contributed by atoms with Gasteiger partial charge in [-0.2, -0.15) is 0 Å². The first-order valence-corrected chi connectivity index (χ1v) is 17.4. The van der Waals surface area contributed by atoms with E-state index in [9.17, 15) is 18.0 Å². The molecule has 0 aliphatic rings. The second-order valence-electron chi connectivity index (χ2n) is 11.2. The minimum Gasteiger partial charge on any atom is -0.489 e. The predicted molar refractivity (Wildman–Crippen MR) is 183 cm³/mol. The largest absolute Gasteiger partial charge is 0.489 e. The molecule has 2 amide bonds. The molecular weight excluding hydrogens is 622 g/mol. The van der Waals surface area contributed by atoms with Gasteiger partial charge < -0.3 is 15.0 Å². The van der Waals surface area contributed by atoms with Gasteiger partial charge in [0.05, 0.1) is 11.9 Å². The van der Waals surface area contributed by atoms with Crippen molar-refractivity contribution >= 4 is 39.1 Å². The smallest absolute Gasteiger partial charge is 0.244 e. The molecule has 1 N–H and O–H groups in total. The zero-order valence-corrected chi connectivity index (χ0v) is 27.9. The third-order valence-corrected chi connectivity index (χ3v) is 8.94. The predicted octanol–water partition coefficient (Wildman–Crippen LogP) is 6.24. The molecule has 8 nitrogen and oxygen atoms in total. The number of amides is 2. The monoisotopic (exact) mass is 661 g/mol. The molecule has 4 aromatic carbocycles. The highest BCUT2D eigenvalue weighted by Crippen LogP contribution is 2.24. The van der Waals surface area contributed by atoms with Crippen molar-refractivity contribution in [3.05, 3.63) is 131 Å². The topological polar surface area (TPSA) is 96.0 Å². The number of nitrogens with one attached hydrogen (secondary N) is 1. The first-order chi connectivity index (χ1) is 22.0. The lowest BCUT2D eigenvalue weighted by atomic mass is 10.0. The highest BCUT2D eigenvalue weighted by molar-refractivity contribution is 7.92. The van der Waals surface area contributed by atoms with E-state index in [1.165, 1.54) is 4.90 Å². The number of sulfonamides is 1. The normalized spacial score (nSPS) is 12.5. The summed E-state index contributed by atoms with van der Waals surface area (Å²) in [6.45, 7) is 3.77. The van der Waals surface area contributed by atoms with E-state index >= 15 is 0 Å². The van der Waals surface area contributed by atoms with Crippen molar-refractivity contribution in [2.45, 2.75) is 51.9 Å². The molecule has 0 aromatic heterocycles. The number of benzene rings is 4. The van der Waals surface area contributed by atoms with Crippen molar-refractivity contribution in [2.75, 3.05) is 17.1 Å². The third-order valence-electron chi connectivity index (χ3n) is 7.57. The van der Waals surface area contributed by atoms with Gasteiger partial charge in [0, 0.05) is 24.0 Å². The Morgan fingerprint density at radius 1 is 0.848 bits per heavy atom. The summed E-state index contributed by atoms with van der Waals surface area (Å²) in [5.74, 6) is -0.297. The first kappa shape index (κ1) is 34.5. The van der Waals surface area contributed by atoms with E-state index in [0.29, 0.717) is 35.1 Å². The van der Waals surface area contributed by atoms with Crippen LogP contribution in [0.4, 0.5) is 5.69 Å². The van der Waals surface area contributed by atoms with Crippen molar-refractivity contribution in [1.82, 2.24) is 10.2 Å². The summed E-state index contributed by atoms with van der Waals surface area (Å²) >= 11 is 6.28. The fraction of sp³-hybridized carbons (Fsp3) is 0.278. The van der Waals surface area contributed by atoms with Crippen molar-refractivity contribution in [3.8, 4) is 5.75 Å². The number of halogens is 1. The van der Waals surface area contributed by atoms with Crippen LogP contribution in [0.5, 0.6) is 5.75 Å². The Morgan fingerprint density at radius 3 is 2.04 bits per heavy atom. The van der Waals surface area contributed by atoms with Crippen LogP contribution in [-0.4, -0.2) is 50.0 Å². The maximum Gasteiger partial charge on any atom is 0.244 e. The molecule has 4 rings (SSSR count). The van der Waals surface area contributed by atoms with Gasteiger partial charge in [-0.1, -0.05) is 91.3 Å². The highest BCUT2D eigenvalue weighted by atomic mass is 35.5. The molecule has 4 aromatic rings. The van der Waals surface area contributed by atoms with Crippen LogP contribution in [0.1, 0.15) is 37.0 Å². The SMILES string of the molecule is CC[C@H](C)NC(=O)[C@H](Cc1ccccc1)N(Cc1cccc(Cl)c1)C(=O)CN(c1ccc(OCc2ccccc2)cc1)S(C)(=O)=O. The van der Waals surface area contributed by atoms with Crippen LogP contribution in [0.25, 0.3) is 0 Å². The van der Waals surface area contributed by atoms with Crippen LogP contribution in [0.2, 0.25) is 5.02 Å². The summed E-state index contributed by atoms with van der Waals surface area (Å²) in [5, 5.41) is 3.51. The summed E-state index contributed by atoms with van der Waals surface area (Å²) in [5.41, 5.74) is 2.87. The van der Waals surface area contributed by atoms with Gasteiger partial charge in [0.2, 0.25) is 21.8 Å². The van der Waals surface area contributed by atoms with Crippen molar-refractivity contribution < 1.29 is 22.7 Å². The second kappa shape index (κ2) is 16.3. The third kappa shape index (κ3) is 10.1. The molecular formula is C36H40ClN3O5S. The van der Waals surface area contributed by atoms with E-state index < -0.39 is 28.5 Å². The maximum absolute atomic E-state index is 14.3. The van der Waals surface area contributed by atoms with Crippen LogP contribution in [0, 0.1) is 0 Å². The highest BCUT2D eigenvalue weighted by Gasteiger charge is 2.33. The Balaban J connectivity index is 1.65. The lowest BCUT2D eigenvalue weighted by Crippen LogP contribution is -2.54. The van der Waals surface area contributed by atoms with Crippen LogP contribution < -0.4 is 14.4 Å². The summed E-state index contributed by atoms with van der Waals surface area (Å²) < 4.78 is 33.1. The van der Waals surface area contributed by atoms with Gasteiger partial charge in [0.25, 0.3) is 0 Å². The summed E-state index contributed by atoms with van der Waals surface area (Å²) in [6.07, 6.45) is 2.00. The van der Waals surface area contributed by atoms with E-state index in [4.69, 9.17) is 16.3 Å². The molecule has 0 saturated heterocycles. The lowest BCUT2D eigenvalue weighted by Gasteiger charge is -2.34. The number of hydrogen-bond donors (Lipinski definition) is 1. The van der Waals surface area contributed by atoms with Crippen molar-refractivity contribution in [2.24, 2.45) is 0 Å². The van der Waals surface area contributed by atoms with Gasteiger partial charge in [0.15, 0.2) is 0 Å². The van der Waals surface area contributed by atoms with Gasteiger partial charge in [-0.15, -0.1) is 0 Å². The molecule has 0 fully saturated rings. The Hall–Kier alpha value is -4.34. The summed E-state index contributed by atoms with van der Waals surface area (Å²) in [6, 6.07) is 31.7. The van der Waals surface area contributed by atoms with Gasteiger partial charge in [-0.25, -0.2) is 8.42 Å². The van der Waals surface area contributed by atoms with Gasteiger partial charge in [-0.05, 0) is 66.4 Å². The number of nitrogens with zero attached hydrogens (tertiary/aromatic N) is 2. The molecule has 0 aliphatic carbocycles. The summed E-state index contributed by atoms with van der Waals surface area (Å²) in [4.78, 5) is 29.5. The van der Waals surface area contributed by atoms with E-state index in [1.807, 2.05) is 80.6 Å². The average Bonchev–Trinajstić information content (AvgIpc) is 3.05. The van der Waals surface area contributed by atoms with E-state index in [0.717, 1.165) is 21.7 Å². The number of anilines is 1. The van der Waals surface area contributed by atoms with Gasteiger partial charge in [0.1, 0.15) is 24.9 Å². The molecule has 0 radical (unpaired) electrons. The molecule has 0 bridgehead atoms. The zero-order valence-electron chi connectivity index (χ0n) is 26.3. The van der Waals surface area contributed by atoms with Crippen LogP contribution in [-0.2, 0) is 39.2 Å². The molecule has 0 saturated carbocycles. The molecule has 0 unspecified atom stereocenters. The van der Waals surface area contributed by atoms with Crippen LogP contribution >= 0.6 is 11.6 Å². The van der Waals surface area contributed by atoms with E-state index in [1.54, 1.807) is 42.5 Å². The fourth-order valence-electron chi connectivity index (χ4n) is 4.89. The number of carbonyl (C=O) groups is 2. The molecule has 10 heteroatoms. The molecule has 46 heavy (non-hydrogen) atoms. The molecule has 0 aliphatic heterocycles. The first-order valence-electron chi connectivity index (χ1n) is 15.2. The maximum atomic E-state index is 14.3. The van der Waals surface area contributed by atoms with Gasteiger partial charge >= 0.3 is 0 Å². The Morgan fingerprint density at radius 2 is 1.46 bits per heavy atom. The minimum absolute atomic E-state index is 0.0503. The number of ether oxygens (including phenoxy) is 1. The minimum atomic E-state index is -3.90. The number of rotatable bonds is 15. The zero-order chi connectivity index (χ0) is 33.1. The quantitative estimate of drug-likeness (QED) is 0.163. The lowest BCUT2D eigenvalue weighted by molar-refractivity contribution is -0.140. The van der Waals surface area contributed by atoms with Crippen molar-refractivity contribution in [1.29, 1.82) is 0 Å². The number of carbonyl (C=O) groups excluding carboxylic acids is 2. The van der Waals surface area contributed by atoms with E-state index in [2.05, 4.69) is 5.32 Å². The average molecular weight is 662 g/mol. The number of hydrogen-bond acceptors (Lipinski definition) is 5. The molecule has 2 atom stereocenters. The Bertz CT molecular complexity index is 1690. The fourth-order valence-corrected chi connectivity index (χ4v) is 5.95. The molecule has 0 spiro atoms. The second-order valence-corrected chi connectivity index (χ2v) is 13.6. The molecule has 0 heterocycles. The van der Waals surface area contributed by atoms with Crippen molar-refractivity contribution in [3.63, 3.8) is 0 Å². The summed E-state index contributed by atoms with van der Waals surface area (Å²) in [7, 11) is -3.90. The Kier molecular flexibility index (Phi) is 12.2. The Labute approximate surface area is 277 Å². The molecule has 242 valence electrons. The standard InChI is InChI=1S/C36H40ClN3O5S/c1-4-27(2)38-36(42)34(23-28-12-7-5-8-13-28)39(24-30-16-11-17-31(37)22-30)35(41)25-40(46(3,43)44)32-18-20-33(21-19-32)45-26-29-14-9-6-10-15-29/h5-22,27,34H,4,23-26H2,1-3H3,(H,38,42)/t27-,34-/m0/s1. The van der Waals surface area contributed by atoms with Gasteiger partial charge in [-0.3, -0.25) is 13.9 Å². The van der Waals surface area contributed by atoms with E-state index in [-0.39, 0.29) is 24.9 Å². The van der Waals surface area contributed by atoms with Crippen LogP contribution in [0.3, 0.4) is 0 Å².